The molecule has 0 radical (unpaired) electrons. The highest BCUT2D eigenvalue weighted by Gasteiger charge is 2.26. The summed E-state index contributed by atoms with van der Waals surface area (Å²) in [5.41, 5.74) is 5.36. The number of esters is 2. The quantitative estimate of drug-likeness (QED) is 0.0265. The van der Waals surface area contributed by atoms with Gasteiger partial charge in [0.2, 0.25) is 0 Å². The van der Waals surface area contributed by atoms with Crippen molar-refractivity contribution in [3.63, 3.8) is 0 Å². The maximum absolute atomic E-state index is 12.6. The summed E-state index contributed by atoms with van der Waals surface area (Å²) in [6.07, 6.45) is 64.9. The first-order valence-electron chi connectivity index (χ1n) is 26.1. The second kappa shape index (κ2) is 50.6. The van der Waals surface area contributed by atoms with Crippen LogP contribution in [0.5, 0.6) is 0 Å². The lowest BCUT2D eigenvalue weighted by atomic mass is 10.0. The SMILES string of the molecule is CC/C=C\C/C=C\C/C=C\C/C=C\C/C=C\C/C=C\C/C=C\CCCC(=O)OC(COC(=O)CCCCCCCCCCCCCCCCCCCCCCC)COP(=O)(O)OCCN. The van der Waals surface area contributed by atoms with Crippen LogP contribution in [0.25, 0.3) is 0 Å². The molecule has 0 aliphatic heterocycles. The van der Waals surface area contributed by atoms with Crippen LogP contribution >= 0.6 is 7.82 Å². The predicted octanol–water partition coefficient (Wildman–Crippen LogP) is 16.0. The molecule has 2 unspecified atom stereocenters. The van der Waals surface area contributed by atoms with Crippen molar-refractivity contribution in [3.05, 3.63) is 85.1 Å². The van der Waals surface area contributed by atoms with Gasteiger partial charge in [0.1, 0.15) is 6.61 Å². The van der Waals surface area contributed by atoms with E-state index in [1.807, 2.05) is 6.08 Å². The van der Waals surface area contributed by atoms with Gasteiger partial charge in [-0.3, -0.25) is 18.6 Å². The number of allylic oxidation sites excluding steroid dienone is 14. The fourth-order valence-electron chi connectivity index (χ4n) is 6.98. The van der Waals surface area contributed by atoms with Crippen LogP contribution in [0, 0.1) is 0 Å². The van der Waals surface area contributed by atoms with E-state index in [9.17, 15) is 19.0 Å². The lowest BCUT2D eigenvalue weighted by molar-refractivity contribution is -0.161. The molecule has 0 bridgehead atoms. The van der Waals surface area contributed by atoms with Gasteiger partial charge in [-0.1, -0.05) is 227 Å². The van der Waals surface area contributed by atoms with Gasteiger partial charge in [0.15, 0.2) is 6.10 Å². The summed E-state index contributed by atoms with van der Waals surface area (Å²) in [6, 6.07) is 0. The minimum Gasteiger partial charge on any atom is -0.462 e. The molecule has 9 nitrogen and oxygen atoms in total. The molecule has 2 atom stereocenters. The molecule has 10 heteroatoms. The maximum atomic E-state index is 12.6. The molecule has 374 valence electrons. The summed E-state index contributed by atoms with van der Waals surface area (Å²) in [6.45, 7) is 3.57. The van der Waals surface area contributed by atoms with Crippen molar-refractivity contribution in [3.8, 4) is 0 Å². The molecule has 0 aliphatic carbocycles. The molecule has 0 saturated carbocycles. The zero-order valence-corrected chi connectivity index (χ0v) is 42.3. The number of unbranched alkanes of at least 4 members (excludes halogenated alkanes) is 21. The molecule has 0 spiro atoms. The molecule has 0 aromatic heterocycles. The number of hydrogen-bond acceptors (Lipinski definition) is 8. The Labute approximate surface area is 398 Å². The number of hydrogen-bond donors (Lipinski definition) is 2. The smallest absolute Gasteiger partial charge is 0.462 e. The third kappa shape index (κ3) is 50.4. The summed E-state index contributed by atoms with van der Waals surface area (Å²) in [7, 11) is -4.40. The van der Waals surface area contributed by atoms with E-state index in [0.29, 0.717) is 12.8 Å². The lowest BCUT2D eigenvalue weighted by Crippen LogP contribution is -2.29. The molecule has 0 heterocycles. The molecular formula is C55H96NO8P. The molecule has 0 aromatic carbocycles. The number of nitrogens with two attached hydrogens (primary N) is 1. The average molecular weight is 930 g/mol. The van der Waals surface area contributed by atoms with Crippen molar-refractivity contribution in [2.45, 2.75) is 225 Å². The van der Waals surface area contributed by atoms with E-state index < -0.39 is 32.5 Å². The molecule has 0 aromatic rings. The van der Waals surface area contributed by atoms with Crippen LogP contribution in [0.15, 0.2) is 85.1 Å². The molecule has 0 saturated heterocycles. The second-order valence-electron chi connectivity index (χ2n) is 17.0. The van der Waals surface area contributed by atoms with Crippen molar-refractivity contribution in [1.29, 1.82) is 0 Å². The van der Waals surface area contributed by atoms with Crippen LogP contribution in [0.3, 0.4) is 0 Å². The van der Waals surface area contributed by atoms with Crippen LogP contribution in [0.2, 0.25) is 0 Å². The van der Waals surface area contributed by atoms with Gasteiger partial charge in [-0.05, 0) is 64.2 Å². The highest BCUT2D eigenvalue weighted by Crippen LogP contribution is 2.43. The lowest BCUT2D eigenvalue weighted by Gasteiger charge is -2.19. The first-order valence-corrected chi connectivity index (χ1v) is 27.6. The fourth-order valence-corrected chi connectivity index (χ4v) is 7.74. The molecule has 0 amide bonds. The average Bonchev–Trinajstić information content (AvgIpc) is 3.30. The third-order valence-electron chi connectivity index (χ3n) is 10.8. The Morgan fingerprint density at radius 1 is 0.477 bits per heavy atom. The van der Waals surface area contributed by atoms with Crippen molar-refractivity contribution >= 4 is 19.8 Å². The standard InChI is InChI=1S/C55H96NO8P/c1-3-5-7-9-11-13-15-17-19-21-23-25-26-28-30-32-34-36-38-40-42-44-46-48-55(58)64-53(52-63-65(59,60)62-50-49-56)51-61-54(57)47-45-43-41-39-37-35-33-31-29-27-24-22-20-18-16-14-12-10-8-6-4-2/h5,7,11,13,17,19,23,25,28,30,34,36,40,42,53H,3-4,6,8-10,12,14-16,18,20-22,24,26-27,29,31-33,35,37-39,41,43-52,56H2,1-2H3,(H,59,60)/b7-5-,13-11-,19-17-,25-23-,30-28-,36-34-,42-40-. The van der Waals surface area contributed by atoms with Gasteiger partial charge in [-0.25, -0.2) is 4.57 Å². The highest BCUT2D eigenvalue weighted by atomic mass is 31.2. The van der Waals surface area contributed by atoms with Gasteiger partial charge < -0.3 is 20.1 Å². The van der Waals surface area contributed by atoms with Crippen LogP contribution < -0.4 is 5.73 Å². The summed E-state index contributed by atoms with van der Waals surface area (Å²) in [5, 5.41) is 0. The molecular weight excluding hydrogens is 834 g/mol. The minimum absolute atomic E-state index is 0.0410. The van der Waals surface area contributed by atoms with E-state index in [-0.39, 0.29) is 32.6 Å². The van der Waals surface area contributed by atoms with Gasteiger partial charge in [0, 0.05) is 19.4 Å². The van der Waals surface area contributed by atoms with E-state index in [0.717, 1.165) is 64.2 Å². The summed E-state index contributed by atoms with van der Waals surface area (Å²) in [5.74, 6) is -0.896. The minimum atomic E-state index is -4.40. The van der Waals surface area contributed by atoms with Crippen molar-refractivity contribution in [1.82, 2.24) is 0 Å². The number of carbonyl (C=O) groups is 2. The second-order valence-corrected chi connectivity index (χ2v) is 18.5. The zero-order chi connectivity index (χ0) is 47.4. The Hall–Kier alpha value is -2.81. The Morgan fingerprint density at radius 3 is 1.25 bits per heavy atom. The van der Waals surface area contributed by atoms with E-state index in [1.165, 1.54) is 116 Å². The van der Waals surface area contributed by atoms with E-state index in [1.54, 1.807) is 0 Å². The summed E-state index contributed by atoms with van der Waals surface area (Å²) < 4.78 is 32.9. The zero-order valence-electron chi connectivity index (χ0n) is 41.4. The summed E-state index contributed by atoms with van der Waals surface area (Å²) in [4.78, 5) is 35.1. The number of phosphoric acid groups is 1. The number of phosphoric ester groups is 1. The fraction of sp³-hybridized carbons (Fsp3) is 0.709. The van der Waals surface area contributed by atoms with Crippen molar-refractivity contribution < 1.29 is 37.6 Å². The first-order chi connectivity index (χ1) is 31.8. The predicted molar refractivity (Wildman–Crippen MR) is 275 cm³/mol. The van der Waals surface area contributed by atoms with Crippen LogP contribution in [0.1, 0.15) is 219 Å². The highest BCUT2D eigenvalue weighted by molar-refractivity contribution is 7.47. The van der Waals surface area contributed by atoms with Gasteiger partial charge in [-0.2, -0.15) is 0 Å². The topological polar surface area (TPSA) is 134 Å². The Kier molecular flexibility index (Phi) is 48.4. The Balaban J connectivity index is 4.15. The first kappa shape index (κ1) is 62.2. The number of rotatable bonds is 48. The van der Waals surface area contributed by atoms with Gasteiger partial charge in [0.05, 0.1) is 13.2 Å². The van der Waals surface area contributed by atoms with Crippen LogP contribution in [-0.4, -0.2) is 49.3 Å². The van der Waals surface area contributed by atoms with Crippen LogP contribution in [0.4, 0.5) is 0 Å². The van der Waals surface area contributed by atoms with E-state index in [2.05, 4.69) is 92.8 Å². The molecule has 0 fully saturated rings. The van der Waals surface area contributed by atoms with Gasteiger partial charge in [-0.15, -0.1) is 0 Å². The third-order valence-corrected chi connectivity index (χ3v) is 11.8. The monoisotopic (exact) mass is 930 g/mol. The summed E-state index contributed by atoms with van der Waals surface area (Å²) >= 11 is 0. The van der Waals surface area contributed by atoms with Crippen LogP contribution in [-0.2, 0) is 32.7 Å². The van der Waals surface area contributed by atoms with Gasteiger partial charge in [0.25, 0.3) is 0 Å². The van der Waals surface area contributed by atoms with Gasteiger partial charge >= 0.3 is 19.8 Å². The van der Waals surface area contributed by atoms with Crippen molar-refractivity contribution in [2.24, 2.45) is 5.73 Å². The number of carbonyl (C=O) groups excluding carboxylic acids is 2. The molecule has 0 aliphatic rings. The van der Waals surface area contributed by atoms with Crippen molar-refractivity contribution in [2.75, 3.05) is 26.4 Å². The molecule has 0 rings (SSSR count). The van der Waals surface area contributed by atoms with E-state index >= 15 is 0 Å². The molecule has 65 heavy (non-hydrogen) atoms. The largest absolute Gasteiger partial charge is 0.472 e. The Morgan fingerprint density at radius 2 is 0.846 bits per heavy atom. The maximum Gasteiger partial charge on any atom is 0.472 e. The Bertz CT molecular complexity index is 1340. The molecule has 3 N–H and O–H groups in total. The normalized spacial score (nSPS) is 13.8. The van der Waals surface area contributed by atoms with E-state index in [4.69, 9.17) is 24.3 Å². The number of ether oxygens (including phenoxy) is 2.